The topological polar surface area (TPSA) is 38.3 Å². The molecule has 0 radical (unpaired) electrons. The summed E-state index contributed by atoms with van der Waals surface area (Å²) < 4.78 is 18.2. The number of nitrogens with one attached hydrogen (secondary N) is 1. The summed E-state index contributed by atoms with van der Waals surface area (Å²) in [6.07, 6.45) is 5.14. The maximum Gasteiger partial charge on any atom is 0.338 e. The highest BCUT2D eigenvalue weighted by Gasteiger charge is 2.40. The molecule has 0 amide bonds. The van der Waals surface area contributed by atoms with Gasteiger partial charge in [-0.25, -0.2) is 9.18 Å². The number of ether oxygens (including phenoxy) is 1. The molecule has 128 valence electrons. The molecular weight excluding hydrogens is 341 g/mol. The van der Waals surface area contributed by atoms with E-state index in [0.29, 0.717) is 10.6 Å². The molecule has 5 heteroatoms. The fourth-order valence-electron chi connectivity index (χ4n) is 3.96. The minimum absolute atomic E-state index is 0.00139. The molecule has 25 heavy (non-hydrogen) atoms. The molecule has 1 heterocycles. The third-order valence-corrected chi connectivity index (χ3v) is 5.42. The fourth-order valence-corrected chi connectivity index (χ4v) is 4.18. The molecule has 3 atom stereocenters. The molecule has 0 spiro atoms. The van der Waals surface area contributed by atoms with Gasteiger partial charge in [-0.15, -0.1) is 0 Å². The van der Waals surface area contributed by atoms with Crippen LogP contribution in [0.4, 0.5) is 10.1 Å². The molecule has 4 rings (SSSR count). The Morgan fingerprint density at radius 3 is 2.72 bits per heavy atom. The number of anilines is 1. The van der Waals surface area contributed by atoms with Crippen molar-refractivity contribution in [2.45, 2.75) is 18.4 Å². The smallest absolute Gasteiger partial charge is 0.338 e. The number of esters is 1. The Balaban J connectivity index is 1.85. The molecule has 2 aliphatic rings. The number of rotatable bonds is 2. The zero-order valence-corrected chi connectivity index (χ0v) is 14.4. The largest absolute Gasteiger partial charge is 0.465 e. The van der Waals surface area contributed by atoms with E-state index >= 15 is 0 Å². The molecule has 2 aromatic carbocycles. The summed E-state index contributed by atoms with van der Waals surface area (Å²) in [6.45, 7) is 0. The van der Waals surface area contributed by atoms with Gasteiger partial charge in [0.25, 0.3) is 0 Å². The van der Waals surface area contributed by atoms with E-state index in [-0.39, 0.29) is 29.7 Å². The second kappa shape index (κ2) is 6.19. The lowest BCUT2D eigenvalue weighted by atomic mass is 9.75. The van der Waals surface area contributed by atoms with Gasteiger partial charge in [-0.1, -0.05) is 35.9 Å². The van der Waals surface area contributed by atoms with Crippen molar-refractivity contribution in [3.8, 4) is 0 Å². The molecule has 0 fully saturated rings. The molecule has 3 nitrogen and oxygen atoms in total. The van der Waals surface area contributed by atoms with Crippen LogP contribution in [0.15, 0.2) is 48.6 Å². The minimum Gasteiger partial charge on any atom is -0.465 e. The predicted octanol–water partition coefficient (Wildman–Crippen LogP) is 5.09. The monoisotopic (exact) mass is 357 g/mol. The molecular formula is C20H17ClFNO2. The van der Waals surface area contributed by atoms with Crippen molar-refractivity contribution in [3.05, 3.63) is 76.1 Å². The van der Waals surface area contributed by atoms with E-state index in [2.05, 4.69) is 17.5 Å². The predicted molar refractivity (Wildman–Crippen MR) is 95.5 cm³/mol. The summed E-state index contributed by atoms with van der Waals surface area (Å²) in [5, 5.41) is 4.05. The van der Waals surface area contributed by atoms with Crippen LogP contribution in [0.25, 0.3) is 0 Å². The Kier molecular flexibility index (Phi) is 4.00. The maximum absolute atomic E-state index is 13.3. The number of hydrogen-bond donors (Lipinski definition) is 1. The quantitative estimate of drug-likeness (QED) is 0.600. The van der Waals surface area contributed by atoms with E-state index in [9.17, 15) is 9.18 Å². The number of carbonyl (C=O) groups is 1. The van der Waals surface area contributed by atoms with Crippen LogP contribution in [-0.2, 0) is 4.74 Å². The first kappa shape index (κ1) is 16.2. The molecule has 1 aliphatic heterocycles. The lowest BCUT2D eigenvalue weighted by Gasteiger charge is -2.38. The summed E-state index contributed by atoms with van der Waals surface area (Å²) in [4.78, 5) is 12.2. The molecule has 0 bridgehead atoms. The number of allylic oxidation sites excluding steroid dienone is 2. The average Bonchev–Trinajstić information content (AvgIpc) is 3.11. The van der Waals surface area contributed by atoms with Gasteiger partial charge in [0, 0.05) is 5.92 Å². The SMILES string of the molecule is COC(=O)c1ccc(Cl)c2c1[C@@H]1C=CC[C@H]1[C@@H](c1ccc(F)cc1)N2. The van der Waals surface area contributed by atoms with E-state index in [0.717, 1.165) is 23.2 Å². The van der Waals surface area contributed by atoms with Gasteiger partial charge in [0.15, 0.2) is 0 Å². The normalized spacial score (nSPS) is 23.6. The van der Waals surface area contributed by atoms with Crippen LogP contribution < -0.4 is 5.32 Å². The highest BCUT2D eigenvalue weighted by atomic mass is 35.5. The number of fused-ring (bicyclic) bond motifs is 3. The molecule has 1 aliphatic carbocycles. The second-order valence-electron chi connectivity index (χ2n) is 6.40. The molecule has 0 aromatic heterocycles. The highest BCUT2D eigenvalue weighted by Crippen LogP contribution is 2.52. The van der Waals surface area contributed by atoms with Crippen LogP contribution in [0.3, 0.4) is 0 Å². The van der Waals surface area contributed by atoms with Gasteiger partial charge < -0.3 is 10.1 Å². The first-order valence-electron chi connectivity index (χ1n) is 8.19. The van der Waals surface area contributed by atoms with Crippen molar-refractivity contribution in [2.75, 3.05) is 12.4 Å². The van der Waals surface area contributed by atoms with Crippen LogP contribution in [0.5, 0.6) is 0 Å². The summed E-state index contributed by atoms with van der Waals surface area (Å²) in [6, 6.07) is 9.96. The minimum atomic E-state index is -0.367. The Labute approximate surface area is 150 Å². The third-order valence-electron chi connectivity index (χ3n) is 5.10. The molecule has 0 saturated carbocycles. The third kappa shape index (κ3) is 2.61. The maximum atomic E-state index is 13.3. The van der Waals surface area contributed by atoms with Gasteiger partial charge in [-0.3, -0.25) is 0 Å². The Morgan fingerprint density at radius 1 is 1.24 bits per heavy atom. The summed E-state index contributed by atoms with van der Waals surface area (Å²) in [5.41, 5.74) is 3.18. The van der Waals surface area contributed by atoms with Gasteiger partial charge in [-0.2, -0.15) is 0 Å². The number of halogens is 2. The molecule has 2 aromatic rings. The van der Waals surface area contributed by atoms with E-state index in [1.807, 2.05) is 0 Å². The van der Waals surface area contributed by atoms with Crippen LogP contribution in [0.1, 0.15) is 39.9 Å². The average molecular weight is 358 g/mol. The van der Waals surface area contributed by atoms with Crippen molar-refractivity contribution in [1.82, 2.24) is 0 Å². The van der Waals surface area contributed by atoms with E-state index < -0.39 is 0 Å². The van der Waals surface area contributed by atoms with Crippen molar-refractivity contribution in [1.29, 1.82) is 0 Å². The van der Waals surface area contributed by atoms with Crippen molar-refractivity contribution < 1.29 is 13.9 Å². The lowest BCUT2D eigenvalue weighted by molar-refractivity contribution is 0.0598. The first-order chi connectivity index (χ1) is 12.1. The number of hydrogen-bond acceptors (Lipinski definition) is 3. The fraction of sp³-hybridized carbons (Fsp3) is 0.250. The van der Waals surface area contributed by atoms with E-state index in [1.165, 1.54) is 19.2 Å². The summed E-state index contributed by atoms with van der Waals surface area (Å²) >= 11 is 6.43. The zero-order valence-electron chi connectivity index (χ0n) is 13.6. The van der Waals surface area contributed by atoms with Crippen LogP contribution in [-0.4, -0.2) is 13.1 Å². The number of benzene rings is 2. The van der Waals surface area contributed by atoms with Crippen LogP contribution >= 0.6 is 11.6 Å². The van der Waals surface area contributed by atoms with Gasteiger partial charge >= 0.3 is 5.97 Å². The van der Waals surface area contributed by atoms with Gasteiger partial charge in [0.05, 0.1) is 29.4 Å². The van der Waals surface area contributed by atoms with Crippen LogP contribution in [0, 0.1) is 11.7 Å². The molecule has 1 N–H and O–H groups in total. The van der Waals surface area contributed by atoms with Gasteiger partial charge in [0.2, 0.25) is 0 Å². The van der Waals surface area contributed by atoms with Crippen molar-refractivity contribution in [2.24, 2.45) is 5.92 Å². The van der Waals surface area contributed by atoms with Crippen LogP contribution in [0.2, 0.25) is 5.02 Å². The molecule has 0 unspecified atom stereocenters. The Bertz CT molecular complexity index is 863. The standard InChI is InChI=1S/C20H17ClFNO2/c1-25-20(24)15-9-10-16(21)19-17(15)13-3-2-4-14(13)18(23-19)11-5-7-12(22)8-6-11/h2-3,5-10,13-14,18,23H,4H2,1H3/t13-,14-,18-/m1/s1. The summed E-state index contributed by atoms with van der Waals surface area (Å²) in [7, 11) is 1.38. The number of carbonyl (C=O) groups excluding carboxylic acids is 1. The van der Waals surface area contributed by atoms with Gasteiger partial charge in [-0.05, 0) is 47.7 Å². The van der Waals surface area contributed by atoms with E-state index in [4.69, 9.17) is 16.3 Å². The van der Waals surface area contributed by atoms with Crippen molar-refractivity contribution >= 4 is 23.3 Å². The zero-order chi connectivity index (χ0) is 17.6. The lowest BCUT2D eigenvalue weighted by Crippen LogP contribution is -2.30. The summed E-state index contributed by atoms with van der Waals surface area (Å²) in [5.74, 6) is -0.319. The van der Waals surface area contributed by atoms with E-state index in [1.54, 1.807) is 24.3 Å². The Hall–Kier alpha value is -2.33. The number of methoxy groups -OCH3 is 1. The second-order valence-corrected chi connectivity index (χ2v) is 6.81. The highest BCUT2D eigenvalue weighted by molar-refractivity contribution is 6.33. The Morgan fingerprint density at radius 2 is 2.00 bits per heavy atom. The van der Waals surface area contributed by atoms with Crippen molar-refractivity contribution in [3.63, 3.8) is 0 Å². The van der Waals surface area contributed by atoms with Gasteiger partial charge in [0.1, 0.15) is 5.82 Å². The molecule has 0 saturated heterocycles. The first-order valence-corrected chi connectivity index (χ1v) is 8.57.